The molecule has 0 fully saturated rings. The molecule has 0 saturated heterocycles. The van der Waals surface area contributed by atoms with Crippen LogP contribution in [0.25, 0.3) is 0 Å². The fourth-order valence-electron chi connectivity index (χ4n) is 1.61. The summed E-state index contributed by atoms with van der Waals surface area (Å²) >= 11 is 0. The molecule has 0 aliphatic heterocycles. The molecule has 0 nitrogen and oxygen atoms in total. The molecule has 1 rings (SSSR count). The van der Waals surface area contributed by atoms with Crippen LogP contribution in [0.15, 0.2) is 66.8 Å². The Morgan fingerprint density at radius 3 is 1.81 bits per heavy atom. The molecule has 0 aliphatic rings. The second kappa shape index (κ2) is 20.8. The number of hydrogen-bond acceptors (Lipinski definition) is 0. The van der Waals surface area contributed by atoms with Crippen molar-refractivity contribution in [1.82, 2.24) is 0 Å². The van der Waals surface area contributed by atoms with Crippen molar-refractivity contribution in [2.45, 2.75) is 61.3 Å². The summed E-state index contributed by atoms with van der Waals surface area (Å²) in [5.74, 6) is 0.417. The van der Waals surface area contributed by atoms with E-state index >= 15 is 0 Å². The SMILES string of the molecule is C=C/C=C(\C=C/C)C(C)c1ccccc1.CC.CC.CC. The molecule has 0 N–H and O–H groups in total. The summed E-state index contributed by atoms with van der Waals surface area (Å²) in [4.78, 5) is 0. The van der Waals surface area contributed by atoms with Crippen LogP contribution in [0, 0.1) is 0 Å². The first kappa shape index (κ1) is 24.5. The Morgan fingerprint density at radius 1 is 0.952 bits per heavy atom. The van der Waals surface area contributed by atoms with E-state index in [4.69, 9.17) is 0 Å². The van der Waals surface area contributed by atoms with Crippen LogP contribution >= 0.6 is 0 Å². The molecule has 0 amide bonds. The van der Waals surface area contributed by atoms with Gasteiger partial charge < -0.3 is 0 Å². The van der Waals surface area contributed by atoms with E-state index in [1.54, 1.807) is 0 Å². The van der Waals surface area contributed by atoms with Crippen LogP contribution in [-0.4, -0.2) is 0 Å². The second-order valence-corrected chi connectivity index (χ2v) is 3.53. The maximum Gasteiger partial charge on any atom is 0.00608 e. The lowest BCUT2D eigenvalue weighted by Gasteiger charge is -2.12. The maximum atomic E-state index is 3.75. The number of rotatable bonds is 4. The van der Waals surface area contributed by atoms with Gasteiger partial charge in [0.1, 0.15) is 0 Å². The summed E-state index contributed by atoms with van der Waals surface area (Å²) in [5.41, 5.74) is 2.63. The predicted molar refractivity (Wildman–Crippen MR) is 102 cm³/mol. The van der Waals surface area contributed by atoms with Gasteiger partial charge in [-0.1, -0.05) is 110 Å². The van der Waals surface area contributed by atoms with Crippen molar-refractivity contribution < 1.29 is 0 Å². The molecule has 21 heavy (non-hydrogen) atoms. The molecular formula is C21H36. The molecule has 120 valence electrons. The molecule has 1 aromatic rings. The fraction of sp³-hybridized carbons (Fsp3) is 0.429. The van der Waals surface area contributed by atoms with Gasteiger partial charge in [0, 0.05) is 5.92 Å². The fourth-order valence-corrected chi connectivity index (χ4v) is 1.61. The van der Waals surface area contributed by atoms with Crippen LogP contribution in [-0.2, 0) is 0 Å². The molecule has 0 bridgehead atoms. The molecule has 0 aromatic heterocycles. The monoisotopic (exact) mass is 288 g/mol. The Labute approximate surface area is 134 Å². The van der Waals surface area contributed by atoms with Gasteiger partial charge >= 0.3 is 0 Å². The van der Waals surface area contributed by atoms with Crippen molar-refractivity contribution in [2.75, 3.05) is 0 Å². The van der Waals surface area contributed by atoms with Crippen molar-refractivity contribution >= 4 is 0 Å². The van der Waals surface area contributed by atoms with Crippen molar-refractivity contribution in [3.63, 3.8) is 0 Å². The topological polar surface area (TPSA) is 0 Å². The minimum atomic E-state index is 0.417. The smallest absolute Gasteiger partial charge is 0.00608 e. The standard InChI is InChI=1S/C15H18.3C2H6/c1-4-9-14(10-5-2)13(3)15-11-7-6-8-12-15;3*1-2/h4-13H,1H2,2-3H3;3*1-2H3/b10-5-,14-9+;;;. The quantitative estimate of drug-likeness (QED) is 0.501. The first-order valence-corrected chi connectivity index (χ1v) is 8.29. The lowest BCUT2D eigenvalue weighted by atomic mass is 9.92. The summed E-state index contributed by atoms with van der Waals surface area (Å²) in [6, 6.07) is 10.5. The zero-order chi connectivity index (χ0) is 17.1. The van der Waals surface area contributed by atoms with Crippen LogP contribution in [0.3, 0.4) is 0 Å². The third-order valence-electron chi connectivity index (χ3n) is 2.47. The first-order chi connectivity index (χ1) is 10.3. The van der Waals surface area contributed by atoms with E-state index in [2.05, 4.69) is 56.0 Å². The summed E-state index contributed by atoms with van der Waals surface area (Å²) in [7, 11) is 0. The van der Waals surface area contributed by atoms with Crippen molar-refractivity contribution in [3.05, 3.63) is 72.4 Å². The third kappa shape index (κ3) is 11.9. The maximum absolute atomic E-state index is 3.75. The highest BCUT2D eigenvalue weighted by Gasteiger charge is 2.06. The van der Waals surface area contributed by atoms with Gasteiger partial charge in [-0.15, -0.1) is 0 Å². The highest BCUT2D eigenvalue weighted by Crippen LogP contribution is 2.24. The Bertz CT molecular complexity index is 355. The van der Waals surface area contributed by atoms with Crippen molar-refractivity contribution in [2.24, 2.45) is 0 Å². The molecule has 0 heteroatoms. The van der Waals surface area contributed by atoms with E-state index in [0.29, 0.717) is 5.92 Å². The zero-order valence-electron chi connectivity index (χ0n) is 15.5. The zero-order valence-corrected chi connectivity index (χ0v) is 15.5. The summed E-state index contributed by atoms with van der Waals surface area (Å²) in [5, 5.41) is 0. The number of hydrogen-bond donors (Lipinski definition) is 0. The van der Waals surface area contributed by atoms with Crippen LogP contribution in [0.2, 0.25) is 0 Å². The van der Waals surface area contributed by atoms with E-state index in [-0.39, 0.29) is 0 Å². The molecule has 1 atom stereocenters. The van der Waals surface area contributed by atoms with Crippen LogP contribution < -0.4 is 0 Å². The predicted octanol–water partition coefficient (Wildman–Crippen LogP) is 7.56. The average Bonchev–Trinajstić information content (AvgIpc) is 2.60. The molecule has 1 aromatic carbocycles. The molecule has 0 radical (unpaired) electrons. The largest absolute Gasteiger partial charge is 0.0991 e. The van der Waals surface area contributed by atoms with Gasteiger partial charge in [-0.05, 0) is 18.1 Å². The van der Waals surface area contributed by atoms with Crippen LogP contribution in [0.5, 0.6) is 0 Å². The molecular weight excluding hydrogens is 252 g/mol. The highest BCUT2D eigenvalue weighted by molar-refractivity contribution is 5.35. The van der Waals surface area contributed by atoms with Gasteiger partial charge in [-0.2, -0.15) is 0 Å². The molecule has 0 heterocycles. The molecule has 0 saturated carbocycles. The van der Waals surface area contributed by atoms with Crippen molar-refractivity contribution in [1.29, 1.82) is 0 Å². The van der Waals surface area contributed by atoms with Gasteiger partial charge in [0.25, 0.3) is 0 Å². The summed E-state index contributed by atoms with van der Waals surface area (Å²) in [6.45, 7) is 20.0. The van der Waals surface area contributed by atoms with Crippen molar-refractivity contribution in [3.8, 4) is 0 Å². The third-order valence-corrected chi connectivity index (χ3v) is 2.47. The van der Waals surface area contributed by atoms with Crippen LogP contribution in [0.4, 0.5) is 0 Å². The van der Waals surface area contributed by atoms with E-state index in [0.717, 1.165) is 0 Å². The van der Waals surface area contributed by atoms with E-state index in [9.17, 15) is 0 Å². The lowest BCUT2D eigenvalue weighted by Crippen LogP contribution is -1.95. The Balaban J connectivity index is -0.000000478. The first-order valence-electron chi connectivity index (χ1n) is 8.29. The Hall–Kier alpha value is -1.56. The Morgan fingerprint density at radius 2 is 1.43 bits per heavy atom. The normalized spacial score (nSPS) is 11.0. The Kier molecular flexibility index (Phi) is 24.2. The average molecular weight is 289 g/mol. The van der Waals surface area contributed by atoms with E-state index in [1.165, 1.54) is 11.1 Å². The molecule has 0 spiro atoms. The van der Waals surface area contributed by atoms with Gasteiger partial charge in [0.2, 0.25) is 0 Å². The summed E-state index contributed by atoms with van der Waals surface area (Å²) in [6.07, 6.45) is 8.11. The second-order valence-electron chi connectivity index (χ2n) is 3.53. The minimum absolute atomic E-state index is 0.417. The van der Waals surface area contributed by atoms with Crippen LogP contribution in [0.1, 0.15) is 66.9 Å². The van der Waals surface area contributed by atoms with Gasteiger partial charge in [0.15, 0.2) is 0 Å². The van der Waals surface area contributed by atoms with E-state index < -0.39 is 0 Å². The van der Waals surface area contributed by atoms with Gasteiger partial charge in [-0.3, -0.25) is 0 Å². The molecule has 0 aliphatic carbocycles. The number of allylic oxidation sites excluding steroid dienone is 5. The van der Waals surface area contributed by atoms with Gasteiger partial charge in [0.05, 0.1) is 0 Å². The van der Waals surface area contributed by atoms with E-state index in [1.807, 2.05) is 60.6 Å². The molecule has 1 unspecified atom stereocenters. The lowest BCUT2D eigenvalue weighted by molar-refractivity contribution is 0.921. The van der Waals surface area contributed by atoms with Gasteiger partial charge in [-0.25, -0.2) is 0 Å². The number of benzene rings is 1. The summed E-state index contributed by atoms with van der Waals surface area (Å²) < 4.78 is 0. The minimum Gasteiger partial charge on any atom is -0.0991 e. The highest BCUT2D eigenvalue weighted by atomic mass is 14.1.